The van der Waals surface area contributed by atoms with Gasteiger partial charge in [-0.1, -0.05) is 13.3 Å². The molecule has 0 aliphatic rings. The first-order valence-corrected chi connectivity index (χ1v) is 5.89. The third-order valence-electron chi connectivity index (χ3n) is 2.32. The van der Waals surface area contributed by atoms with Crippen LogP contribution in [0.3, 0.4) is 0 Å². The molecule has 2 N–H and O–H groups in total. The van der Waals surface area contributed by atoms with E-state index in [1.165, 1.54) is 7.11 Å². The van der Waals surface area contributed by atoms with E-state index in [2.05, 4.69) is 0 Å². The van der Waals surface area contributed by atoms with Crippen molar-refractivity contribution < 1.29 is 19.0 Å². The summed E-state index contributed by atoms with van der Waals surface area (Å²) in [6, 6.07) is 4.99. The number of esters is 1. The quantitative estimate of drug-likeness (QED) is 0.457. The van der Waals surface area contributed by atoms with E-state index >= 15 is 0 Å². The first-order chi connectivity index (χ1) is 8.67. The largest absolute Gasteiger partial charge is 0.495 e. The fourth-order valence-corrected chi connectivity index (χ4v) is 1.32. The monoisotopic (exact) mass is 253 g/mol. The summed E-state index contributed by atoms with van der Waals surface area (Å²) in [6.07, 6.45) is 1.85. The minimum Gasteiger partial charge on any atom is -0.495 e. The van der Waals surface area contributed by atoms with Crippen LogP contribution >= 0.6 is 0 Å². The summed E-state index contributed by atoms with van der Waals surface area (Å²) in [6.45, 7) is 2.35. The van der Waals surface area contributed by atoms with Crippen molar-refractivity contribution >= 4 is 11.7 Å². The summed E-state index contributed by atoms with van der Waals surface area (Å²) in [5.41, 5.74) is 6.18. The molecule has 5 heteroatoms. The number of nitrogens with two attached hydrogens (primary N) is 1. The van der Waals surface area contributed by atoms with E-state index in [0.717, 1.165) is 12.8 Å². The molecule has 18 heavy (non-hydrogen) atoms. The molecular weight excluding hydrogens is 234 g/mol. The molecule has 0 radical (unpaired) electrons. The highest BCUT2D eigenvalue weighted by Crippen LogP contribution is 2.25. The van der Waals surface area contributed by atoms with Gasteiger partial charge in [0.25, 0.3) is 0 Å². The van der Waals surface area contributed by atoms with Gasteiger partial charge in [0.2, 0.25) is 0 Å². The number of carbonyl (C=O) groups excluding carboxylic acids is 1. The summed E-state index contributed by atoms with van der Waals surface area (Å²) in [7, 11) is 1.54. The second kappa shape index (κ2) is 7.42. The smallest absolute Gasteiger partial charge is 0.344 e. The third kappa shape index (κ3) is 4.53. The number of nitrogen functional groups attached to an aromatic ring is 1. The Hall–Kier alpha value is -1.91. The van der Waals surface area contributed by atoms with Gasteiger partial charge in [-0.2, -0.15) is 0 Å². The number of hydrogen-bond acceptors (Lipinski definition) is 5. The van der Waals surface area contributed by atoms with Crippen LogP contribution in [0.25, 0.3) is 0 Å². The molecule has 0 aliphatic carbocycles. The molecule has 1 aromatic rings. The van der Waals surface area contributed by atoms with Crippen LogP contribution in [-0.2, 0) is 9.53 Å². The molecule has 0 aliphatic heterocycles. The number of rotatable bonds is 7. The average Bonchev–Trinajstić information content (AvgIpc) is 2.37. The SMILES string of the molecule is CCCCOC(=O)COc1ccc(OC)c(N)c1. The average molecular weight is 253 g/mol. The molecule has 0 bridgehead atoms. The highest BCUT2D eigenvalue weighted by atomic mass is 16.6. The van der Waals surface area contributed by atoms with Crippen molar-refractivity contribution in [2.24, 2.45) is 0 Å². The van der Waals surface area contributed by atoms with Crippen LogP contribution in [0.5, 0.6) is 11.5 Å². The minimum absolute atomic E-state index is 0.116. The number of ether oxygens (including phenoxy) is 3. The molecule has 0 fully saturated rings. The maximum absolute atomic E-state index is 11.3. The van der Waals surface area contributed by atoms with Gasteiger partial charge in [-0.3, -0.25) is 0 Å². The normalized spacial score (nSPS) is 9.89. The van der Waals surface area contributed by atoms with Gasteiger partial charge in [0.05, 0.1) is 19.4 Å². The Balaban J connectivity index is 2.39. The predicted octanol–water partition coefficient (Wildman–Crippen LogP) is 2.00. The zero-order valence-corrected chi connectivity index (χ0v) is 10.8. The summed E-state index contributed by atoms with van der Waals surface area (Å²) in [5, 5.41) is 0. The van der Waals surface area contributed by atoms with Crippen molar-refractivity contribution in [1.29, 1.82) is 0 Å². The van der Waals surface area contributed by atoms with Crippen LogP contribution < -0.4 is 15.2 Å². The van der Waals surface area contributed by atoms with E-state index in [9.17, 15) is 4.79 Å². The van der Waals surface area contributed by atoms with Crippen LogP contribution in [0.15, 0.2) is 18.2 Å². The van der Waals surface area contributed by atoms with E-state index in [-0.39, 0.29) is 12.6 Å². The van der Waals surface area contributed by atoms with E-state index in [0.29, 0.717) is 23.8 Å². The molecule has 5 nitrogen and oxygen atoms in total. The second-order valence-electron chi connectivity index (χ2n) is 3.77. The number of carbonyl (C=O) groups is 1. The molecule has 1 rings (SSSR count). The van der Waals surface area contributed by atoms with Crippen molar-refractivity contribution in [3.8, 4) is 11.5 Å². The molecule has 100 valence electrons. The number of hydrogen-bond donors (Lipinski definition) is 1. The zero-order chi connectivity index (χ0) is 13.4. The number of benzene rings is 1. The van der Waals surface area contributed by atoms with Gasteiger partial charge in [0, 0.05) is 6.07 Å². The fraction of sp³-hybridized carbons (Fsp3) is 0.462. The number of unbranched alkanes of at least 4 members (excludes halogenated alkanes) is 1. The van der Waals surface area contributed by atoms with Crippen molar-refractivity contribution in [2.45, 2.75) is 19.8 Å². The van der Waals surface area contributed by atoms with Crippen LogP contribution in [0.1, 0.15) is 19.8 Å². The Morgan fingerprint density at radius 3 is 2.78 bits per heavy atom. The molecule has 0 unspecified atom stereocenters. The molecular formula is C13H19NO4. The third-order valence-corrected chi connectivity index (χ3v) is 2.32. The van der Waals surface area contributed by atoms with Gasteiger partial charge in [-0.15, -0.1) is 0 Å². The summed E-state index contributed by atoms with van der Waals surface area (Å²) < 4.78 is 15.2. The second-order valence-corrected chi connectivity index (χ2v) is 3.77. The van der Waals surface area contributed by atoms with Gasteiger partial charge in [0.15, 0.2) is 6.61 Å². The topological polar surface area (TPSA) is 70.8 Å². The fourth-order valence-electron chi connectivity index (χ4n) is 1.32. The highest BCUT2D eigenvalue weighted by Gasteiger charge is 2.06. The van der Waals surface area contributed by atoms with Crippen LogP contribution in [-0.4, -0.2) is 26.3 Å². The highest BCUT2D eigenvalue weighted by molar-refractivity contribution is 5.71. The zero-order valence-electron chi connectivity index (χ0n) is 10.8. The van der Waals surface area contributed by atoms with E-state index in [1.807, 2.05) is 6.92 Å². The Morgan fingerprint density at radius 1 is 1.39 bits per heavy atom. The Bertz CT molecular complexity index is 393. The standard InChI is InChI=1S/C13H19NO4/c1-3-4-7-17-13(15)9-18-10-5-6-12(16-2)11(14)8-10/h5-6,8H,3-4,7,9,14H2,1-2H3. The molecule has 0 spiro atoms. The van der Waals surface area contributed by atoms with Crippen LogP contribution in [0, 0.1) is 0 Å². The van der Waals surface area contributed by atoms with Crippen molar-refractivity contribution in [3.63, 3.8) is 0 Å². The lowest BCUT2D eigenvalue weighted by atomic mass is 10.3. The van der Waals surface area contributed by atoms with Crippen molar-refractivity contribution in [3.05, 3.63) is 18.2 Å². The van der Waals surface area contributed by atoms with E-state index < -0.39 is 0 Å². The molecule has 0 saturated heterocycles. The summed E-state index contributed by atoms with van der Waals surface area (Å²) in [5.74, 6) is 0.714. The Kier molecular flexibility index (Phi) is 5.84. The van der Waals surface area contributed by atoms with Gasteiger partial charge in [-0.05, 0) is 18.6 Å². The van der Waals surface area contributed by atoms with Gasteiger partial charge < -0.3 is 19.9 Å². The van der Waals surface area contributed by atoms with Crippen LogP contribution in [0.2, 0.25) is 0 Å². The van der Waals surface area contributed by atoms with Gasteiger partial charge in [-0.25, -0.2) is 4.79 Å². The lowest BCUT2D eigenvalue weighted by molar-refractivity contribution is -0.146. The lowest BCUT2D eigenvalue weighted by Crippen LogP contribution is -2.15. The predicted molar refractivity (Wildman–Crippen MR) is 68.8 cm³/mol. The number of methoxy groups -OCH3 is 1. The molecule has 0 heterocycles. The summed E-state index contributed by atoms with van der Waals surface area (Å²) >= 11 is 0. The molecule has 0 saturated carbocycles. The molecule has 0 atom stereocenters. The number of anilines is 1. The Labute approximate surface area is 107 Å². The van der Waals surface area contributed by atoms with Crippen LogP contribution in [0.4, 0.5) is 5.69 Å². The van der Waals surface area contributed by atoms with Crippen molar-refractivity contribution in [2.75, 3.05) is 26.1 Å². The first kappa shape index (κ1) is 14.2. The molecule has 0 aromatic heterocycles. The van der Waals surface area contributed by atoms with E-state index in [1.54, 1.807) is 18.2 Å². The maximum Gasteiger partial charge on any atom is 0.344 e. The maximum atomic E-state index is 11.3. The Morgan fingerprint density at radius 2 is 2.17 bits per heavy atom. The van der Waals surface area contributed by atoms with Gasteiger partial charge in [0.1, 0.15) is 11.5 Å². The first-order valence-electron chi connectivity index (χ1n) is 5.89. The molecule has 1 aromatic carbocycles. The van der Waals surface area contributed by atoms with E-state index in [4.69, 9.17) is 19.9 Å². The lowest BCUT2D eigenvalue weighted by Gasteiger charge is -2.09. The van der Waals surface area contributed by atoms with Crippen molar-refractivity contribution in [1.82, 2.24) is 0 Å². The van der Waals surface area contributed by atoms with Gasteiger partial charge >= 0.3 is 5.97 Å². The summed E-state index contributed by atoms with van der Waals surface area (Å²) in [4.78, 5) is 11.3. The molecule has 0 amide bonds. The minimum atomic E-state index is -0.377.